The molecule has 0 aromatic rings. The molecule has 6 fully saturated rings. The quantitative estimate of drug-likeness (QED) is 0.384. The molecule has 0 aromatic carbocycles. The van der Waals surface area contributed by atoms with Crippen LogP contribution in [0.5, 0.6) is 0 Å². The molecule has 0 aromatic heterocycles. The number of fused-ring (bicyclic) bond motifs is 2. The first-order valence-corrected chi connectivity index (χ1v) is 12.9. The van der Waals surface area contributed by atoms with Crippen molar-refractivity contribution >= 4 is 13.1 Å². The fraction of sp³-hybridized carbons (Fsp3) is 0.958. The van der Waals surface area contributed by atoms with Gasteiger partial charge in [-0.25, -0.2) is 0 Å². The Bertz CT molecular complexity index is 783. The highest BCUT2D eigenvalue weighted by molar-refractivity contribution is 6.45. The van der Waals surface area contributed by atoms with E-state index in [0.29, 0.717) is 30.8 Å². The number of ether oxygens (including phenoxy) is 1. The summed E-state index contributed by atoms with van der Waals surface area (Å²) in [5, 5.41) is 14.2. The third-order valence-corrected chi connectivity index (χ3v) is 10.2. The molecule has 8 nitrogen and oxygen atoms in total. The van der Waals surface area contributed by atoms with Crippen LogP contribution in [-0.4, -0.2) is 78.8 Å². The predicted molar refractivity (Wildman–Crippen MR) is 125 cm³/mol. The lowest BCUT2D eigenvalue weighted by Gasteiger charge is -2.64. The average Bonchev–Trinajstić information content (AvgIpc) is 3.23. The topological polar surface area (TPSA) is 106 Å². The van der Waals surface area contributed by atoms with Crippen LogP contribution in [0.4, 0.5) is 0 Å². The van der Waals surface area contributed by atoms with E-state index in [2.05, 4.69) is 31.0 Å². The number of rotatable bonds is 7. The Hall–Kier alpha value is -0.705. The van der Waals surface area contributed by atoms with Crippen LogP contribution in [0.15, 0.2) is 0 Å². The van der Waals surface area contributed by atoms with E-state index >= 15 is 0 Å². The Morgan fingerprint density at radius 3 is 2.79 bits per heavy atom. The molecule has 3 aliphatic heterocycles. The zero-order valence-corrected chi connectivity index (χ0v) is 20.9. The normalized spacial score (nSPS) is 45.3. The molecule has 9 heteroatoms. The van der Waals surface area contributed by atoms with Gasteiger partial charge < -0.3 is 24.9 Å². The van der Waals surface area contributed by atoms with Crippen molar-refractivity contribution in [3.05, 3.63) is 0 Å². The Morgan fingerprint density at radius 2 is 2.12 bits per heavy atom. The third kappa shape index (κ3) is 3.44. The van der Waals surface area contributed by atoms with Crippen molar-refractivity contribution in [3.63, 3.8) is 0 Å². The summed E-state index contributed by atoms with van der Waals surface area (Å²) < 4.78 is 18.2. The van der Waals surface area contributed by atoms with Gasteiger partial charge in [-0.2, -0.15) is 0 Å². The van der Waals surface area contributed by atoms with Crippen molar-refractivity contribution in [1.29, 1.82) is 0 Å². The number of likely N-dealkylation sites (tertiary alicyclic amines) is 1. The van der Waals surface area contributed by atoms with Crippen LogP contribution >= 0.6 is 0 Å². The summed E-state index contributed by atoms with van der Waals surface area (Å²) in [5.74, 6) is 1.17. The number of nitrogens with zero attached hydrogens (tertiary/aromatic N) is 1. The molecular formula is C24H42BN3O5. The molecule has 3 heterocycles. The monoisotopic (exact) mass is 463 g/mol. The fourth-order valence-corrected chi connectivity index (χ4v) is 8.14. The molecule has 4 bridgehead atoms. The molecule has 0 amide bonds. The predicted octanol–water partition coefficient (Wildman–Crippen LogP) is 1.37. The molecule has 3 saturated heterocycles. The number of esters is 1. The minimum Gasteiger partial charge on any atom is -0.468 e. The number of aliphatic hydroxyl groups is 1. The fourth-order valence-electron chi connectivity index (χ4n) is 8.14. The van der Waals surface area contributed by atoms with Crippen LogP contribution in [0, 0.1) is 23.2 Å². The van der Waals surface area contributed by atoms with E-state index in [1.807, 2.05) is 6.92 Å². The second-order valence-electron chi connectivity index (χ2n) is 12.1. The molecule has 0 radical (unpaired) electrons. The summed E-state index contributed by atoms with van der Waals surface area (Å²) >= 11 is 0. The van der Waals surface area contributed by atoms with Crippen LogP contribution < -0.4 is 11.1 Å². The van der Waals surface area contributed by atoms with E-state index in [1.54, 1.807) is 0 Å². The van der Waals surface area contributed by atoms with Crippen molar-refractivity contribution in [3.8, 4) is 0 Å². The van der Waals surface area contributed by atoms with Gasteiger partial charge in [0.25, 0.3) is 0 Å². The molecule has 33 heavy (non-hydrogen) atoms. The van der Waals surface area contributed by atoms with E-state index in [4.69, 9.17) is 19.8 Å². The zero-order valence-electron chi connectivity index (χ0n) is 20.9. The molecular weight excluding hydrogens is 421 g/mol. The number of methoxy groups -OCH3 is 1. The Labute approximate surface area is 198 Å². The summed E-state index contributed by atoms with van der Waals surface area (Å²) in [6.45, 7) is 10.1. The van der Waals surface area contributed by atoms with E-state index in [-0.39, 0.29) is 42.8 Å². The molecule has 6 rings (SSSR count). The van der Waals surface area contributed by atoms with Crippen LogP contribution in [0.3, 0.4) is 0 Å². The lowest BCUT2D eigenvalue weighted by molar-refractivity contribution is -0.199. The van der Waals surface area contributed by atoms with Gasteiger partial charge in [0.2, 0.25) is 0 Å². The van der Waals surface area contributed by atoms with E-state index < -0.39 is 11.8 Å². The second-order valence-corrected chi connectivity index (χ2v) is 12.1. The smallest absolute Gasteiger partial charge is 0.457 e. The lowest BCUT2D eigenvalue weighted by Crippen LogP contribution is -2.65. The maximum Gasteiger partial charge on any atom is 0.457 e. The third-order valence-electron chi connectivity index (χ3n) is 10.2. The highest BCUT2D eigenvalue weighted by Gasteiger charge is 2.67. The van der Waals surface area contributed by atoms with E-state index in [9.17, 15) is 9.90 Å². The Kier molecular flexibility index (Phi) is 5.94. The summed E-state index contributed by atoms with van der Waals surface area (Å²) in [6.07, 6.45) is 5.01. The highest BCUT2D eigenvalue weighted by atomic mass is 16.7. The summed E-state index contributed by atoms with van der Waals surface area (Å²) in [7, 11) is 1.28. The van der Waals surface area contributed by atoms with E-state index in [0.717, 1.165) is 31.5 Å². The highest BCUT2D eigenvalue weighted by Crippen LogP contribution is 2.65. The molecule has 9 atom stereocenters. The standard InChI is InChI=1S/C24H42BN3O5/c1-14(26)20(29)28-10-8-24(21(30)31-5)16(17(28)13-27-24)7-6-9-25-32-19-12-15-11-18(22(15,2)3)23(19,4)33-25/h14-20,27,29H,6-13,26H2,1-5H3/t14-,15-,16+,17-,18-,19+,20?,23-,24+/m0/s1. The average molecular weight is 463 g/mol. The number of carbonyl (C=O) groups excluding carboxylic acids is 1. The Morgan fingerprint density at radius 1 is 1.36 bits per heavy atom. The first-order chi connectivity index (χ1) is 15.5. The van der Waals surface area contributed by atoms with Crippen molar-refractivity contribution in [1.82, 2.24) is 10.2 Å². The van der Waals surface area contributed by atoms with Gasteiger partial charge in [-0.15, -0.1) is 0 Å². The molecule has 3 aliphatic carbocycles. The van der Waals surface area contributed by atoms with Crippen LogP contribution in [0.1, 0.15) is 59.8 Å². The van der Waals surface area contributed by atoms with Crippen molar-refractivity contribution in [2.75, 3.05) is 20.2 Å². The van der Waals surface area contributed by atoms with Gasteiger partial charge >= 0.3 is 13.1 Å². The van der Waals surface area contributed by atoms with Gasteiger partial charge in [0, 0.05) is 31.1 Å². The van der Waals surface area contributed by atoms with Gasteiger partial charge in [-0.05, 0) is 63.1 Å². The largest absolute Gasteiger partial charge is 0.468 e. The first-order valence-electron chi connectivity index (χ1n) is 12.9. The molecule has 3 saturated carbocycles. The molecule has 0 spiro atoms. The van der Waals surface area contributed by atoms with E-state index in [1.165, 1.54) is 13.5 Å². The number of aliphatic hydroxyl groups excluding tert-OH is 1. The minimum atomic E-state index is -0.715. The van der Waals surface area contributed by atoms with Gasteiger partial charge in [-0.1, -0.05) is 20.3 Å². The summed E-state index contributed by atoms with van der Waals surface area (Å²) in [4.78, 5) is 14.9. The number of nitrogens with one attached hydrogen (secondary N) is 1. The first kappa shape index (κ1) is 24.0. The van der Waals surface area contributed by atoms with Crippen LogP contribution in [-0.2, 0) is 18.8 Å². The van der Waals surface area contributed by atoms with Gasteiger partial charge in [0.05, 0.1) is 18.8 Å². The van der Waals surface area contributed by atoms with Crippen molar-refractivity contribution in [2.45, 2.75) is 102 Å². The van der Waals surface area contributed by atoms with Gasteiger partial charge in [0.1, 0.15) is 11.8 Å². The van der Waals surface area contributed by atoms with Crippen molar-refractivity contribution in [2.24, 2.45) is 28.9 Å². The number of carbonyl (C=O) groups is 1. The molecule has 186 valence electrons. The Balaban J connectivity index is 1.24. The lowest BCUT2D eigenvalue weighted by atomic mass is 9.43. The van der Waals surface area contributed by atoms with Crippen LogP contribution in [0.25, 0.3) is 0 Å². The maximum atomic E-state index is 12.9. The van der Waals surface area contributed by atoms with Crippen LogP contribution in [0.2, 0.25) is 6.32 Å². The molecule has 6 aliphatic rings. The zero-order chi connectivity index (χ0) is 23.8. The summed E-state index contributed by atoms with van der Waals surface area (Å²) in [6, 6.07) is -0.297. The number of hydrogen-bond donors (Lipinski definition) is 3. The number of piperidine rings is 1. The minimum absolute atomic E-state index is 0.0531. The SMILES string of the molecule is COC(=O)[C@]12CCN(C(O)[C@H](C)N)[C@@H](CN1)[C@H]2CCCB1O[C@@H]2C[C@@H]3C[C@@H](C3(C)C)[C@]2(C)O1. The second kappa shape index (κ2) is 8.17. The van der Waals surface area contributed by atoms with Crippen molar-refractivity contribution < 1.29 is 23.9 Å². The molecule has 1 unspecified atom stereocenters. The number of nitrogens with two attached hydrogens (primary N) is 1. The van der Waals surface area contributed by atoms with Gasteiger partial charge in [-0.3, -0.25) is 15.0 Å². The molecule has 4 N–H and O–H groups in total. The number of hydrogen-bond acceptors (Lipinski definition) is 8. The summed E-state index contributed by atoms with van der Waals surface area (Å²) in [5.41, 5.74) is 5.49. The maximum absolute atomic E-state index is 12.9. The van der Waals surface area contributed by atoms with Gasteiger partial charge in [0.15, 0.2) is 0 Å².